The molecule has 0 radical (unpaired) electrons. The van der Waals surface area contributed by atoms with Gasteiger partial charge in [-0.3, -0.25) is 4.79 Å². The molecule has 0 amide bonds. The molecular formula is C18H13N7O. The molecular weight excluding hydrogens is 330 g/mol. The van der Waals surface area contributed by atoms with Crippen molar-refractivity contribution in [3.63, 3.8) is 0 Å². The summed E-state index contributed by atoms with van der Waals surface area (Å²) in [7, 11) is 0. The third-order valence-corrected chi connectivity index (χ3v) is 4.41. The molecule has 0 saturated heterocycles. The molecule has 0 aliphatic heterocycles. The fourth-order valence-corrected chi connectivity index (χ4v) is 3.04. The van der Waals surface area contributed by atoms with E-state index in [1.807, 2.05) is 42.6 Å². The molecule has 0 fully saturated rings. The average Bonchev–Trinajstić information content (AvgIpc) is 3.33. The van der Waals surface area contributed by atoms with Crippen LogP contribution in [0.5, 0.6) is 0 Å². The fraction of sp³-hybridized carbons (Fsp3) is 0.0556. The lowest BCUT2D eigenvalue weighted by Crippen LogP contribution is -2.09. The third-order valence-electron chi connectivity index (χ3n) is 4.41. The molecule has 8 heteroatoms. The van der Waals surface area contributed by atoms with Crippen LogP contribution < -0.4 is 5.43 Å². The van der Waals surface area contributed by atoms with Crippen LogP contribution in [0.1, 0.15) is 5.56 Å². The molecule has 0 unspecified atom stereocenters. The Hall–Kier alpha value is -3.81. The fourth-order valence-electron chi connectivity index (χ4n) is 3.04. The topological polar surface area (TPSA) is 105 Å². The first kappa shape index (κ1) is 14.5. The molecule has 2 N–H and O–H groups in total. The Labute approximate surface area is 146 Å². The van der Waals surface area contributed by atoms with Crippen molar-refractivity contribution in [1.82, 2.24) is 35.0 Å². The van der Waals surface area contributed by atoms with E-state index in [9.17, 15) is 4.79 Å². The number of aromatic amines is 2. The number of H-pyrrole nitrogens is 2. The van der Waals surface area contributed by atoms with Crippen LogP contribution in [0.15, 0.2) is 53.6 Å². The van der Waals surface area contributed by atoms with Crippen molar-refractivity contribution in [2.24, 2.45) is 0 Å². The van der Waals surface area contributed by atoms with Gasteiger partial charge in [-0.2, -0.15) is 15.4 Å². The first-order valence-electron chi connectivity index (χ1n) is 8.05. The van der Waals surface area contributed by atoms with Gasteiger partial charge >= 0.3 is 0 Å². The number of hydrogen-bond donors (Lipinski definition) is 2. The molecule has 126 valence electrons. The minimum Gasteiger partial charge on any atom is -0.351 e. The summed E-state index contributed by atoms with van der Waals surface area (Å²) in [5.41, 5.74) is 4.24. The number of rotatable bonds is 2. The van der Waals surface area contributed by atoms with Crippen molar-refractivity contribution in [2.75, 3.05) is 0 Å². The van der Waals surface area contributed by atoms with Crippen LogP contribution in [0.25, 0.3) is 39.3 Å². The van der Waals surface area contributed by atoms with Crippen molar-refractivity contribution in [1.29, 1.82) is 0 Å². The molecule has 4 heterocycles. The van der Waals surface area contributed by atoms with E-state index >= 15 is 0 Å². The van der Waals surface area contributed by atoms with Gasteiger partial charge in [-0.1, -0.05) is 12.1 Å². The van der Waals surface area contributed by atoms with Gasteiger partial charge in [0.1, 0.15) is 5.69 Å². The van der Waals surface area contributed by atoms with Gasteiger partial charge in [-0.15, -0.1) is 5.10 Å². The zero-order valence-corrected chi connectivity index (χ0v) is 13.8. The van der Waals surface area contributed by atoms with Gasteiger partial charge in [0.05, 0.1) is 11.9 Å². The zero-order chi connectivity index (χ0) is 17.7. The summed E-state index contributed by atoms with van der Waals surface area (Å²) in [6.45, 7) is 1.78. The Balaban J connectivity index is 1.71. The predicted octanol–water partition coefficient (Wildman–Crippen LogP) is 2.33. The number of pyridine rings is 2. The summed E-state index contributed by atoms with van der Waals surface area (Å²) in [6, 6.07) is 11.2. The number of hydrogen-bond acceptors (Lipinski definition) is 5. The highest BCUT2D eigenvalue weighted by atomic mass is 16.1. The van der Waals surface area contributed by atoms with E-state index in [1.54, 1.807) is 17.6 Å². The summed E-state index contributed by atoms with van der Waals surface area (Å²) < 4.78 is 1.67. The van der Waals surface area contributed by atoms with Crippen molar-refractivity contribution >= 4 is 16.6 Å². The Morgan fingerprint density at radius 1 is 1.12 bits per heavy atom. The van der Waals surface area contributed by atoms with E-state index in [-0.39, 0.29) is 5.43 Å². The third kappa shape index (κ3) is 2.12. The van der Waals surface area contributed by atoms with Crippen LogP contribution in [0, 0.1) is 6.92 Å². The second kappa shape index (κ2) is 5.35. The highest BCUT2D eigenvalue weighted by Gasteiger charge is 2.15. The number of nitrogens with zero attached hydrogens (tertiary/aromatic N) is 5. The van der Waals surface area contributed by atoms with E-state index in [0.29, 0.717) is 28.1 Å². The second-order valence-electron chi connectivity index (χ2n) is 6.01. The van der Waals surface area contributed by atoms with E-state index in [2.05, 4.69) is 30.5 Å². The quantitative estimate of drug-likeness (QED) is 0.512. The van der Waals surface area contributed by atoms with Gasteiger partial charge in [-0.05, 0) is 31.2 Å². The Bertz CT molecular complexity index is 1310. The molecule has 5 aromatic rings. The summed E-state index contributed by atoms with van der Waals surface area (Å²) in [6.07, 6.45) is 3.47. The number of para-hydroxylation sites is 1. The molecule has 0 spiro atoms. The van der Waals surface area contributed by atoms with Crippen LogP contribution in [0.4, 0.5) is 0 Å². The van der Waals surface area contributed by atoms with Crippen LogP contribution in [-0.2, 0) is 0 Å². The summed E-state index contributed by atoms with van der Waals surface area (Å²) in [5.74, 6) is 0.475. The molecule has 5 rings (SSSR count). The Kier molecular flexibility index (Phi) is 2.99. The molecule has 26 heavy (non-hydrogen) atoms. The Morgan fingerprint density at radius 2 is 2.00 bits per heavy atom. The summed E-state index contributed by atoms with van der Waals surface area (Å²) in [5, 5.41) is 15.7. The monoisotopic (exact) mass is 343 g/mol. The standard InChI is InChI=1S/C18H13N7O/c1-10-16(20-13-5-3-2-4-12(13)17(10)26)18-21-15-7-6-11(9-25(15)23-18)14-8-19-24-22-14/h2-9H,1H3,(H,20,26)(H,19,22,24). The summed E-state index contributed by atoms with van der Waals surface area (Å²) in [4.78, 5) is 20.5. The smallest absolute Gasteiger partial charge is 0.198 e. The van der Waals surface area contributed by atoms with E-state index in [4.69, 9.17) is 0 Å². The number of nitrogens with one attached hydrogen (secondary N) is 2. The second-order valence-corrected chi connectivity index (χ2v) is 6.01. The predicted molar refractivity (Wildman–Crippen MR) is 96.7 cm³/mol. The maximum Gasteiger partial charge on any atom is 0.198 e. The van der Waals surface area contributed by atoms with Crippen LogP contribution in [0.3, 0.4) is 0 Å². The van der Waals surface area contributed by atoms with E-state index in [0.717, 1.165) is 16.8 Å². The Morgan fingerprint density at radius 3 is 2.85 bits per heavy atom. The highest BCUT2D eigenvalue weighted by molar-refractivity contribution is 5.82. The van der Waals surface area contributed by atoms with Gasteiger partial charge in [0, 0.05) is 28.2 Å². The first-order valence-corrected chi connectivity index (χ1v) is 8.05. The van der Waals surface area contributed by atoms with Gasteiger partial charge < -0.3 is 4.98 Å². The van der Waals surface area contributed by atoms with Gasteiger partial charge in [0.2, 0.25) is 0 Å². The van der Waals surface area contributed by atoms with E-state index in [1.165, 1.54) is 0 Å². The van der Waals surface area contributed by atoms with Crippen molar-refractivity contribution in [3.05, 3.63) is 64.6 Å². The summed E-state index contributed by atoms with van der Waals surface area (Å²) >= 11 is 0. The molecule has 0 aliphatic rings. The van der Waals surface area contributed by atoms with Crippen molar-refractivity contribution < 1.29 is 0 Å². The minimum absolute atomic E-state index is 0.0171. The molecule has 8 nitrogen and oxygen atoms in total. The lowest BCUT2D eigenvalue weighted by atomic mass is 10.1. The lowest BCUT2D eigenvalue weighted by Gasteiger charge is -2.04. The van der Waals surface area contributed by atoms with Gasteiger partial charge in [0.25, 0.3) is 0 Å². The lowest BCUT2D eigenvalue weighted by molar-refractivity contribution is 0.938. The number of fused-ring (bicyclic) bond motifs is 2. The van der Waals surface area contributed by atoms with E-state index < -0.39 is 0 Å². The number of aromatic nitrogens is 7. The zero-order valence-electron chi connectivity index (χ0n) is 13.8. The van der Waals surface area contributed by atoms with Crippen molar-refractivity contribution in [3.8, 4) is 22.8 Å². The van der Waals surface area contributed by atoms with Crippen LogP contribution in [-0.4, -0.2) is 35.0 Å². The maximum absolute atomic E-state index is 12.6. The van der Waals surface area contributed by atoms with Gasteiger partial charge in [0.15, 0.2) is 16.9 Å². The molecule has 0 aliphatic carbocycles. The number of benzene rings is 1. The molecule has 0 atom stereocenters. The van der Waals surface area contributed by atoms with Gasteiger partial charge in [-0.25, -0.2) is 9.50 Å². The molecule has 0 saturated carbocycles. The molecule has 0 bridgehead atoms. The van der Waals surface area contributed by atoms with Crippen molar-refractivity contribution in [2.45, 2.75) is 6.92 Å². The maximum atomic E-state index is 12.6. The highest BCUT2D eigenvalue weighted by Crippen LogP contribution is 2.21. The largest absolute Gasteiger partial charge is 0.351 e. The minimum atomic E-state index is -0.0171. The molecule has 4 aromatic heterocycles. The van der Waals surface area contributed by atoms with Crippen LogP contribution in [0.2, 0.25) is 0 Å². The average molecular weight is 343 g/mol. The SMILES string of the molecule is Cc1c(-c2nc3ccc(-c4cn[nH]n4)cn3n2)[nH]c2ccccc2c1=O. The van der Waals surface area contributed by atoms with Crippen LogP contribution >= 0.6 is 0 Å². The molecule has 1 aromatic carbocycles. The normalized spacial score (nSPS) is 11.4. The first-order chi connectivity index (χ1) is 12.7.